The number of hydrogen-bond acceptors (Lipinski definition) is 7. The summed E-state index contributed by atoms with van der Waals surface area (Å²) in [6.07, 6.45) is 10.6. The van der Waals surface area contributed by atoms with E-state index in [1.165, 1.54) is 6.33 Å². The van der Waals surface area contributed by atoms with E-state index in [0.29, 0.717) is 36.9 Å². The molecule has 0 spiro atoms. The van der Waals surface area contributed by atoms with E-state index in [0.717, 1.165) is 42.2 Å². The van der Waals surface area contributed by atoms with Crippen LogP contribution in [0.4, 0.5) is 5.82 Å². The van der Waals surface area contributed by atoms with Crippen molar-refractivity contribution in [3.63, 3.8) is 0 Å². The van der Waals surface area contributed by atoms with Gasteiger partial charge in [-0.05, 0) is 24.5 Å². The van der Waals surface area contributed by atoms with Crippen molar-refractivity contribution >= 4 is 22.6 Å². The molecule has 1 heterocycles. The fourth-order valence-corrected chi connectivity index (χ4v) is 2.99. The number of ether oxygens (including phenoxy) is 2. The number of nitrogens with one attached hydrogen (secondary N) is 2. The van der Waals surface area contributed by atoms with Crippen LogP contribution in [0.15, 0.2) is 55.4 Å². The van der Waals surface area contributed by atoms with Gasteiger partial charge in [0, 0.05) is 24.4 Å². The van der Waals surface area contributed by atoms with E-state index in [2.05, 4.69) is 28.4 Å². The van der Waals surface area contributed by atoms with Gasteiger partial charge < -0.3 is 14.8 Å². The quantitative estimate of drug-likeness (QED) is 0.180. The van der Waals surface area contributed by atoms with Crippen LogP contribution in [0.1, 0.15) is 32.1 Å². The Morgan fingerprint density at radius 2 is 1.97 bits per heavy atom. The van der Waals surface area contributed by atoms with Crippen LogP contribution in [-0.4, -0.2) is 41.3 Å². The first-order valence-electron chi connectivity index (χ1n) is 10.2. The zero-order chi connectivity index (χ0) is 22.5. The molecule has 0 atom stereocenters. The summed E-state index contributed by atoms with van der Waals surface area (Å²) in [5.41, 5.74) is 3.38. The van der Waals surface area contributed by atoms with Crippen LogP contribution in [0.2, 0.25) is 0 Å². The molecule has 8 heteroatoms. The van der Waals surface area contributed by atoms with Gasteiger partial charge >= 0.3 is 0 Å². The van der Waals surface area contributed by atoms with Crippen LogP contribution in [0.3, 0.4) is 0 Å². The number of nitrogens with zero attached hydrogens (tertiary/aromatic N) is 2. The zero-order valence-electron chi connectivity index (χ0n) is 17.9. The number of carbonyl (C=O) groups excluding carboxylic acids is 1. The monoisotopic (exact) mass is 426 g/mol. The minimum absolute atomic E-state index is 0.321. The summed E-state index contributed by atoms with van der Waals surface area (Å²) in [5.74, 6) is 1.56. The molecule has 31 heavy (non-hydrogen) atoms. The summed E-state index contributed by atoms with van der Waals surface area (Å²) in [7, 11) is 1.59. The summed E-state index contributed by atoms with van der Waals surface area (Å²) < 4.78 is 11.4. The van der Waals surface area contributed by atoms with Crippen molar-refractivity contribution in [1.29, 1.82) is 0 Å². The second kappa shape index (κ2) is 13.0. The Kier molecular flexibility index (Phi) is 10.0. The highest BCUT2D eigenvalue weighted by atomic mass is 16.5. The van der Waals surface area contributed by atoms with E-state index in [4.69, 9.17) is 14.7 Å². The Labute approximate surface area is 182 Å². The SMILES string of the molecule is C=C/C=C(\C=C)CNc1ncnc2cc(OC)c(OCCCCCCC(=O)NO)cc12. The fourth-order valence-electron chi connectivity index (χ4n) is 2.99. The van der Waals surface area contributed by atoms with Crippen LogP contribution in [0, 0.1) is 0 Å². The molecule has 0 unspecified atom stereocenters. The number of anilines is 1. The van der Waals surface area contributed by atoms with Crippen LogP contribution >= 0.6 is 0 Å². The molecule has 3 N–H and O–H groups in total. The van der Waals surface area contributed by atoms with Crippen molar-refractivity contribution in [2.75, 3.05) is 25.6 Å². The third-order valence-electron chi connectivity index (χ3n) is 4.66. The minimum Gasteiger partial charge on any atom is -0.493 e. The Morgan fingerprint density at radius 3 is 2.68 bits per heavy atom. The maximum Gasteiger partial charge on any atom is 0.243 e. The van der Waals surface area contributed by atoms with E-state index >= 15 is 0 Å². The predicted octanol–water partition coefficient (Wildman–Crippen LogP) is 4.18. The van der Waals surface area contributed by atoms with Gasteiger partial charge in [0.25, 0.3) is 0 Å². The first kappa shape index (κ1) is 23.9. The van der Waals surface area contributed by atoms with E-state index < -0.39 is 0 Å². The number of methoxy groups -OCH3 is 1. The molecule has 0 aliphatic rings. The Balaban J connectivity index is 2.03. The molecule has 0 bridgehead atoms. The lowest BCUT2D eigenvalue weighted by atomic mass is 10.1. The first-order valence-corrected chi connectivity index (χ1v) is 10.2. The predicted molar refractivity (Wildman–Crippen MR) is 122 cm³/mol. The van der Waals surface area contributed by atoms with Gasteiger partial charge in [0.05, 0.1) is 19.2 Å². The Hall–Kier alpha value is -3.39. The number of fused-ring (bicyclic) bond motifs is 1. The maximum absolute atomic E-state index is 11.0. The average molecular weight is 427 g/mol. The largest absolute Gasteiger partial charge is 0.493 e. The van der Waals surface area contributed by atoms with Crippen molar-refractivity contribution in [3.05, 3.63) is 55.4 Å². The molecule has 0 saturated heterocycles. The average Bonchev–Trinajstić information content (AvgIpc) is 2.80. The highest BCUT2D eigenvalue weighted by Gasteiger charge is 2.12. The lowest BCUT2D eigenvalue weighted by Gasteiger charge is -2.14. The molecule has 0 radical (unpaired) electrons. The number of allylic oxidation sites excluding steroid dienone is 2. The number of unbranched alkanes of at least 4 members (excludes halogenated alkanes) is 3. The number of benzene rings is 1. The normalized spacial score (nSPS) is 11.1. The molecule has 0 fully saturated rings. The first-order chi connectivity index (χ1) is 15.1. The lowest BCUT2D eigenvalue weighted by molar-refractivity contribution is -0.129. The molecule has 1 amide bonds. The van der Waals surface area contributed by atoms with Gasteiger partial charge in [-0.3, -0.25) is 10.0 Å². The number of hydroxylamine groups is 1. The van der Waals surface area contributed by atoms with Gasteiger partial charge in [-0.2, -0.15) is 0 Å². The van der Waals surface area contributed by atoms with Crippen molar-refractivity contribution in [1.82, 2.24) is 15.4 Å². The number of carbonyl (C=O) groups is 1. The second-order valence-electron chi connectivity index (χ2n) is 6.83. The van der Waals surface area contributed by atoms with Crippen LogP contribution in [0.25, 0.3) is 10.9 Å². The molecule has 2 rings (SSSR count). The van der Waals surface area contributed by atoms with Crippen molar-refractivity contribution in [2.24, 2.45) is 0 Å². The zero-order valence-corrected chi connectivity index (χ0v) is 17.9. The van der Waals surface area contributed by atoms with Crippen LogP contribution in [-0.2, 0) is 4.79 Å². The summed E-state index contributed by atoms with van der Waals surface area (Å²) in [6.45, 7) is 8.59. The Bertz CT molecular complexity index is 927. The number of rotatable bonds is 14. The molecule has 2 aromatic rings. The summed E-state index contributed by atoms with van der Waals surface area (Å²) in [6, 6.07) is 3.71. The molecular formula is C23H30N4O4. The molecule has 0 aliphatic heterocycles. The fraction of sp³-hybridized carbons (Fsp3) is 0.348. The highest BCUT2D eigenvalue weighted by molar-refractivity contribution is 5.91. The van der Waals surface area contributed by atoms with Gasteiger partial charge in [-0.1, -0.05) is 44.2 Å². The van der Waals surface area contributed by atoms with E-state index in [-0.39, 0.29) is 5.91 Å². The van der Waals surface area contributed by atoms with Crippen LogP contribution < -0.4 is 20.3 Å². The molecule has 0 aliphatic carbocycles. The van der Waals surface area contributed by atoms with Gasteiger partial charge in [0.2, 0.25) is 5.91 Å². The van der Waals surface area contributed by atoms with Gasteiger partial charge in [0.15, 0.2) is 11.5 Å². The number of aromatic nitrogens is 2. The van der Waals surface area contributed by atoms with Crippen molar-refractivity contribution in [2.45, 2.75) is 32.1 Å². The molecule has 1 aromatic carbocycles. The van der Waals surface area contributed by atoms with Gasteiger partial charge in [-0.25, -0.2) is 15.4 Å². The molecular weight excluding hydrogens is 396 g/mol. The van der Waals surface area contributed by atoms with Gasteiger partial charge in [0.1, 0.15) is 12.1 Å². The van der Waals surface area contributed by atoms with Crippen LogP contribution in [0.5, 0.6) is 11.5 Å². The Morgan fingerprint density at radius 1 is 1.16 bits per heavy atom. The van der Waals surface area contributed by atoms with E-state index in [1.807, 2.05) is 18.2 Å². The maximum atomic E-state index is 11.0. The molecule has 166 valence electrons. The number of hydrogen-bond donors (Lipinski definition) is 3. The summed E-state index contributed by atoms with van der Waals surface area (Å²) in [5, 5.41) is 12.6. The lowest BCUT2D eigenvalue weighted by Crippen LogP contribution is -2.17. The summed E-state index contributed by atoms with van der Waals surface area (Å²) >= 11 is 0. The third kappa shape index (κ3) is 7.42. The summed E-state index contributed by atoms with van der Waals surface area (Å²) in [4.78, 5) is 19.7. The third-order valence-corrected chi connectivity index (χ3v) is 4.66. The molecule has 8 nitrogen and oxygen atoms in total. The smallest absolute Gasteiger partial charge is 0.243 e. The topological polar surface area (TPSA) is 106 Å². The number of amides is 1. The highest BCUT2D eigenvalue weighted by Crippen LogP contribution is 2.34. The van der Waals surface area contributed by atoms with Gasteiger partial charge in [-0.15, -0.1) is 0 Å². The second-order valence-corrected chi connectivity index (χ2v) is 6.83. The van der Waals surface area contributed by atoms with E-state index in [9.17, 15) is 4.79 Å². The van der Waals surface area contributed by atoms with Crippen molar-refractivity contribution in [3.8, 4) is 11.5 Å². The van der Waals surface area contributed by atoms with E-state index in [1.54, 1.807) is 24.7 Å². The molecule has 0 saturated carbocycles. The standard InChI is InChI=1S/C23H30N4O4/c1-4-10-17(5-2)15-24-23-18-13-21(20(30-3)14-19(18)25-16-26-23)31-12-9-7-6-8-11-22(28)27-29/h4-5,10,13-14,16,29H,1-2,6-9,11-12,15H2,3H3,(H,27,28)(H,24,25,26)/b17-10+. The minimum atomic E-state index is -0.357. The van der Waals surface area contributed by atoms with Crippen molar-refractivity contribution < 1.29 is 19.5 Å². The molecule has 1 aromatic heterocycles.